The van der Waals surface area contributed by atoms with Crippen LogP contribution in [0.4, 0.5) is 0 Å². The maximum Gasteiger partial charge on any atom is 0.329 e. The number of para-hydroxylation sites is 2. The molecule has 106 valence electrons. The summed E-state index contributed by atoms with van der Waals surface area (Å²) in [6.07, 6.45) is 0. The van der Waals surface area contributed by atoms with Gasteiger partial charge in [0.2, 0.25) is 0 Å². The van der Waals surface area contributed by atoms with Gasteiger partial charge in [0.15, 0.2) is 5.78 Å². The maximum atomic E-state index is 12.4. The third-order valence-corrected chi connectivity index (χ3v) is 4.22. The monoisotopic (exact) mass is 344 g/mol. The van der Waals surface area contributed by atoms with Gasteiger partial charge in [-0.05, 0) is 18.2 Å². The van der Waals surface area contributed by atoms with Gasteiger partial charge in [0.05, 0.1) is 17.6 Å². The number of ketones is 1. The molecular formula is C16H13BrN2O2. The Morgan fingerprint density at radius 1 is 1.05 bits per heavy atom. The summed E-state index contributed by atoms with van der Waals surface area (Å²) in [7, 11) is 1.71. The van der Waals surface area contributed by atoms with Crippen molar-refractivity contribution in [1.82, 2.24) is 9.13 Å². The van der Waals surface area contributed by atoms with E-state index < -0.39 is 0 Å². The Kier molecular flexibility index (Phi) is 3.51. The minimum absolute atomic E-state index is 0.0306. The third-order valence-electron chi connectivity index (χ3n) is 3.53. The normalized spacial score (nSPS) is 11.0. The fourth-order valence-corrected chi connectivity index (χ4v) is 2.94. The lowest BCUT2D eigenvalue weighted by Crippen LogP contribution is -2.25. The maximum absolute atomic E-state index is 12.4. The van der Waals surface area contributed by atoms with Crippen LogP contribution in [-0.4, -0.2) is 14.9 Å². The summed E-state index contributed by atoms with van der Waals surface area (Å²) in [4.78, 5) is 24.7. The van der Waals surface area contributed by atoms with Gasteiger partial charge in [0.1, 0.15) is 0 Å². The Morgan fingerprint density at radius 3 is 2.38 bits per heavy atom. The van der Waals surface area contributed by atoms with E-state index in [1.807, 2.05) is 42.5 Å². The van der Waals surface area contributed by atoms with Crippen molar-refractivity contribution in [3.05, 3.63) is 69.1 Å². The molecule has 0 saturated heterocycles. The molecule has 3 rings (SSSR count). The number of halogens is 1. The number of rotatable bonds is 3. The molecule has 0 aliphatic carbocycles. The quantitative estimate of drug-likeness (QED) is 0.685. The van der Waals surface area contributed by atoms with E-state index >= 15 is 0 Å². The molecule has 0 unspecified atom stereocenters. The first-order valence-electron chi connectivity index (χ1n) is 6.51. The summed E-state index contributed by atoms with van der Waals surface area (Å²) < 4.78 is 3.81. The summed E-state index contributed by atoms with van der Waals surface area (Å²) in [5.41, 5.74) is 1.99. The predicted molar refractivity (Wildman–Crippen MR) is 85.7 cm³/mol. The summed E-state index contributed by atoms with van der Waals surface area (Å²) in [6, 6.07) is 14.7. The van der Waals surface area contributed by atoms with Crippen molar-refractivity contribution in [2.45, 2.75) is 6.54 Å². The third kappa shape index (κ3) is 2.34. The molecule has 5 heteroatoms. The first-order chi connectivity index (χ1) is 10.1. The molecule has 0 aliphatic rings. The Morgan fingerprint density at radius 2 is 1.67 bits per heavy atom. The van der Waals surface area contributed by atoms with Crippen LogP contribution in [-0.2, 0) is 13.6 Å². The average molecular weight is 345 g/mol. The second-order valence-corrected chi connectivity index (χ2v) is 5.67. The van der Waals surface area contributed by atoms with E-state index in [1.165, 1.54) is 4.57 Å². The highest BCUT2D eigenvalue weighted by Gasteiger charge is 2.15. The van der Waals surface area contributed by atoms with Gasteiger partial charge >= 0.3 is 5.69 Å². The number of imidazole rings is 1. The largest absolute Gasteiger partial charge is 0.329 e. The van der Waals surface area contributed by atoms with E-state index in [0.29, 0.717) is 5.56 Å². The van der Waals surface area contributed by atoms with Gasteiger partial charge < -0.3 is 0 Å². The van der Waals surface area contributed by atoms with Crippen molar-refractivity contribution in [2.24, 2.45) is 7.05 Å². The van der Waals surface area contributed by atoms with Crippen molar-refractivity contribution in [3.63, 3.8) is 0 Å². The smallest absolute Gasteiger partial charge is 0.295 e. The second-order valence-electron chi connectivity index (χ2n) is 4.82. The number of Topliss-reactive ketones (excluding diaryl/α,β-unsaturated/α-hetero) is 1. The highest BCUT2D eigenvalue weighted by molar-refractivity contribution is 9.10. The molecule has 21 heavy (non-hydrogen) atoms. The Balaban J connectivity index is 2.07. The van der Waals surface area contributed by atoms with Gasteiger partial charge in [-0.3, -0.25) is 13.9 Å². The molecule has 3 aromatic rings. The second kappa shape index (κ2) is 5.33. The number of aromatic nitrogens is 2. The Labute approximate surface area is 129 Å². The van der Waals surface area contributed by atoms with Gasteiger partial charge in [-0.1, -0.05) is 46.3 Å². The number of hydrogen-bond donors (Lipinski definition) is 0. The number of fused-ring (bicyclic) bond motifs is 1. The van der Waals surface area contributed by atoms with E-state index in [4.69, 9.17) is 0 Å². The standard InChI is InChI=1S/C16H13BrN2O2/c1-18-13-8-4-5-9-14(13)19(16(18)21)10-15(20)11-6-2-3-7-12(11)17/h2-9H,10H2,1H3. The minimum Gasteiger partial charge on any atom is -0.295 e. The number of hydrogen-bond acceptors (Lipinski definition) is 2. The highest BCUT2D eigenvalue weighted by Crippen LogP contribution is 2.18. The zero-order valence-electron chi connectivity index (χ0n) is 11.4. The van der Waals surface area contributed by atoms with Crippen LogP contribution in [0.2, 0.25) is 0 Å². The minimum atomic E-state index is -0.184. The van der Waals surface area contributed by atoms with Gasteiger partial charge in [-0.2, -0.15) is 0 Å². The molecule has 1 aromatic heterocycles. The van der Waals surface area contributed by atoms with Crippen LogP contribution in [0.25, 0.3) is 11.0 Å². The van der Waals surface area contributed by atoms with Gasteiger partial charge in [0.25, 0.3) is 0 Å². The Hall–Kier alpha value is -2.14. The number of carbonyl (C=O) groups is 1. The highest BCUT2D eigenvalue weighted by atomic mass is 79.9. The van der Waals surface area contributed by atoms with Crippen LogP contribution in [0.3, 0.4) is 0 Å². The molecule has 4 nitrogen and oxygen atoms in total. The number of nitrogens with zero attached hydrogens (tertiary/aromatic N) is 2. The van der Waals surface area contributed by atoms with Crippen LogP contribution < -0.4 is 5.69 Å². The summed E-state index contributed by atoms with van der Waals surface area (Å²) in [5.74, 6) is -0.0964. The van der Waals surface area contributed by atoms with Crippen LogP contribution in [0, 0.1) is 0 Å². The topological polar surface area (TPSA) is 44.0 Å². The van der Waals surface area contributed by atoms with E-state index in [0.717, 1.165) is 15.5 Å². The van der Waals surface area contributed by atoms with E-state index in [1.54, 1.807) is 17.7 Å². The molecule has 0 amide bonds. The summed E-state index contributed by atoms with van der Waals surface area (Å²) in [5, 5.41) is 0. The molecule has 1 heterocycles. The lowest BCUT2D eigenvalue weighted by Gasteiger charge is -2.05. The lowest BCUT2D eigenvalue weighted by atomic mass is 10.1. The van der Waals surface area contributed by atoms with E-state index in [2.05, 4.69) is 15.9 Å². The lowest BCUT2D eigenvalue weighted by molar-refractivity contribution is 0.0971. The molecule has 0 fully saturated rings. The molecule has 0 N–H and O–H groups in total. The zero-order valence-corrected chi connectivity index (χ0v) is 13.0. The Bertz CT molecular complexity index is 893. The van der Waals surface area contributed by atoms with Crippen LogP contribution >= 0.6 is 15.9 Å². The fraction of sp³-hybridized carbons (Fsp3) is 0.125. The van der Waals surface area contributed by atoms with Gasteiger partial charge in [-0.15, -0.1) is 0 Å². The summed E-state index contributed by atoms with van der Waals surface area (Å²) in [6.45, 7) is 0.0306. The molecule has 0 aliphatic heterocycles. The first kappa shape index (κ1) is 13.8. The average Bonchev–Trinajstić information content (AvgIpc) is 2.73. The molecule has 0 radical (unpaired) electrons. The summed E-state index contributed by atoms with van der Waals surface area (Å²) >= 11 is 3.37. The molecule has 2 aromatic carbocycles. The zero-order chi connectivity index (χ0) is 15.0. The van der Waals surface area contributed by atoms with Crippen molar-refractivity contribution >= 4 is 32.7 Å². The van der Waals surface area contributed by atoms with Crippen LogP contribution in [0.1, 0.15) is 10.4 Å². The molecule has 0 atom stereocenters. The number of carbonyl (C=O) groups excluding carboxylic acids is 1. The molecule has 0 spiro atoms. The van der Waals surface area contributed by atoms with E-state index in [-0.39, 0.29) is 18.0 Å². The van der Waals surface area contributed by atoms with Crippen molar-refractivity contribution in [2.75, 3.05) is 0 Å². The SMILES string of the molecule is Cn1c(=O)n(CC(=O)c2ccccc2Br)c2ccccc21. The van der Waals surface area contributed by atoms with Crippen LogP contribution in [0.15, 0.2) is 57.8 Å². The number of benzene rings is 2. The molecule has 0 bridgehead atoms. The first-order valence-corrected chi connectivity index (χ1v) is 7.31. The van der Waals surface area contributed by atoms with Crippen molar-refractivity contribution < 1.29 is 4.79 Å². The predicted octanol–water partition coefficient (Wildman–Crippen LogP) is 2.99. The van der Waals surface area contributed by atoms with Gasteiger partial charge in [-0.25, -0.2) is 4.79 Å². The fourth-order valence-electron chi connectivity index (χ4n) is 2.43. The number of aryl methyl sites for hydroxylation is 1. The van der Waals surface area contributed by atoms with Crippen molar-refractivity contribution in [1.29, 1.82) is 0 Å². The van der Waals surface area contributed by atoms with Crippen LogP contribution in [0.5, 0.6) is 0 Å². The van der Waals surface area contributed by atoms with Gasteiger partial charge in [0, 0.05) is 17.1 Å². The molecular weight excluding hydrogens is 332 g/mol. The van der Waals surface area contributed by atoms with Crippen molar-refractivity contribution in [3.8, 4) is 0 Å². The van der Waals surface area contributed by atoms with E-state index in [9.17, 15) is 9.59 Å². The molecule has 0 saturated carbocycles.